The summed E-state index contributed by atoms with van der Waals surface area (Å²) >= 11 is 0. The minimum Gasteiger partial charge on any atom is -0.311 e. The lowest BCUT2D eigenvalue weighted by Gasteiger charge is -2.39. The van der Waals surface area contributed by atoms with E-state index in [1.54, 1.807) is 0 Å². The Kier molecular flexibility index (Phi) is 3.21. The van der Waals surface area contributed by atoms with Crippen molar-refractivity contribution in [1.29, 1.82) is 0 Å². The molecule has 2 saturated carbocycles. The maximum atomic E-state index is 3.72. The number of rotatable bonds is 5. The summed E-state index contributed by atoms with van der Waals surface area (Å²) in [6, 6.07) is 1.71. The van der Waals surface area contributed by atoms with Gasteiger partial charge in [0.1, 0.15) is 0 Å². The second-order valence-electron chi connectivity index (χ2n) is 6.13. The first kappa shape index (κ1) is 11.0. The van der Waals surface area contributed by atoms with E-state index in [4.69, 9.17) is 0 Å². The Labute approximate surface area is 99.8 Å². The largest absolute Gasteiger partial charge is 0.311 e. The third kappa shape index (κ3) is 2.60. The van der Waals surface area contributed by atoms with E-state index in [2.05, 4.69) is 17.1 Å². The van der Waals surface area contributed by atoms with Crippen LogP contribution in [0.3, 0.4) is 0 Å². The predicted octanol–water partition coefficient (Wildman–Crippen LogP) is 2.25. The normalized spacial score (nSPS) is 33.9. The Bertz CT molecular complexity index is 233. The van der Waals surface area contributed by atoms with Crippen molar-refractivity contribution in [3.8, 4) is 0 Å². The van der Waals surface area contributed by atoms with Crippen LogP contribution in [0.1, 0.15) is 45.4 Å². The summed E-state index contributed by atoms with van der Waals surface area (Å²) in [5, 5.41) is 3.72. The summed E-state index contributed by atoms with van der Waals surface area (Å²) in [6.45, 7) is 6.22. The fraction of sp³-hybridized carbons (Fsp3) is 1.00. The Balaban J connectivity index is 1.53. The topological polar surface area (TPSA) is 15.3 Å². The summed E-state index contributed by atoms with van der Waals surface area (Å²) < 4.78 is 0. The van der Waals surface area contributed by atoms with E-state index in [0.29, 0.717) is 0 Å². The molecular weight excluding hydrogens is 196 g/mol. The van der Waals surface area contributed by atoms with Crippen LogP contribution in [0.25, 0.3) is 0 Å². The molecule has 0 aromatic carbocycles. The zero-order valence-corrected chi connectivity index (χ0v) is 10.6. The first-order valence-corrected chi connectivity index (χ1v) is 7.34. The Hall–Kier alpha value is -0.0800. The van der Waals surface area contributed by atoms with Gasteiger partial charge in [0.15, 0.2) is 0 Å². The van der Waals surface area contributed by atoms with Gasteiger partial charge in [-0.25, -0.2) is 0 Å². The molecule has 3 fully saturated rings. The number of piperazine rings is 1. The van der Waals surface area contributed by atoms with Gasteiger partial charge < -0.3 is 5.32 Å². The third-order valence-corrected chi connectivity index (χ3v) is 4.72. The van der Waals surface area contributed by atoms with Crippen molar-refractivity contribution in [2.45, 2.75) is 57.5 Å². The van der Waals surface area contributed by atoms with Gasteiger partial charge in [-0.1, -0.05) is 19.8 Å². The van der Waals surface area contributed by atoms with Crippen LogP contribution >= 0.6 is 0 Å². The third-order valence-electron chi connectivity index (χ3n) is 4.72. The summed E-state index contributed by atoms with van der Waals surface area (Å²) in [6.07, 6.45) is 8.81. The molecule has 0 radical (unpaired) electrons. The average Bonchev–Trinajstić information content (AvgIpc) is 3.18. The zero-order valence-electron chi connectivity index (χ0n) is 10.6. The molecule has 0 aromatic rings. The van der Waals surface area contributed by atoms with Crippen LogP contribution in [-0.2, 0) is 0 Å². The SMILES string of the molecule is CCC(CC1CC1)N1CCNC(C2CC2)C1. The molecule has 3 aliphatic rings. The molecule has 1 saturated heterocycles. The quantitative estimate of drug-likeness (QED) is 0.767. The molecule has 0 amide bonds. The van der Waals surface area contributed by atoms with Crippen LogP contribution in [0.4, 0.5) is 0 Å². The van der Waals surface area contributed by atoms with E-state index in [9.17, 15) is 0 Å². The van der Waals surface area contributed by atoms with E-state index in [-0.39, 0.29) is 0 Å². The molecule has 1 aliphatic heterocycles. The Morgan fingerprint density at radius 3 is 2.69 bits per heavy atom. The lowest BCUT2D eigenvalue weighted by Crippen LogP contribution is -2.54. The van der Waals surface area contributed by atoms with Crippen LogP contribution in [0.5, 0.6) is 0 Å². The summed E-state index contributed by atoms with van der Waals surface area (Å²) in [7, 11) is 0. The molecular formula is C14H26N2. The van der Waals surface area contributed by atoms with E-state index in [0.717, 1.165) is 23.9 Å². The van der Waals surface area contributed by atoms with Crippen LogP contribution in [-0.4, -0.2) is 36.6 Å². The summed E-state index contributed by atoms with van der Waals surface area (Å²) in [5.41, 5.74) is 0. The van der Waals surface area contributed by atoms with Crippen molar-refractivity contribution in [3.63, 3.8) is 0 Å². The van der Waals surface area contributed by atoms with Gasteiger partial charge in [0, 0.05) is 31.7 Å². The zero-order chi connectivity index (χ0) is 11.0. The number of hydrogen-bond donors (Lipinski definition) is 1. The molecule has 2 atom stereocenters. The number of hydrogen-bond acceptors (Lipinski definition) is 2. The van der Waals surface area contributed by atoms with Crippen molar-refractivity contribution in [2.75, 3.05) is 19.6 Å². The molecule has 2 aliphatic carbocycles. The van der Waals surface area contributed by atoms with Gasteiger partial charge in [-0.3, -0.25) is 4.90 Å². The first-order chi connectivity index (χ1) is 7.86. The number of nitrogens with one attached hydrogen (secondary N) is 1. The molecule has 2 nitrogen and oxygen atoms in total. The monoisotopic (exact) mass is 222 g/mol. The Morgan fingerprint density at radius 2 is 2.06 bits per heavy atom. The molecule has 2 heteroatoms. The molecule has 1 heterocycles. The van der Waals surface area contributed by atoms with Gasteiger partial charge in [-0.15, -0.1) is 0 Å². The molecule has 1 N–H and O–H groups in total. The van der Waals surface area contributed by atoms with Crippen molar-refractivity contribution in [1.82, 2.24) is 10.2 Å². The van der Waals surface area contributed by atoms with Crippen molar-refractivity contribution < 1.29 is 0 Å². The minimum atomic E-state index is 0.821. The summed E-state index contributed by atoms with van der Waals surface area (Å²) in [5.74, 6) is 2.10. The van der Waals surface area contributed by atoms with Gasteiger partial charge in [0.2, 0.25) is 0 Å². The highest BCUT2D eigenvalue weighted by atomic mass is 15.2. The van der Waals surface area contributed by atoms with Crippen LogP contribution in [0.15, 0.2) is 0 Å². The molecule has 16 heavy (non-hydrogen) atoms. The molecule has 2 unspecified atom stereocenters. The fourth-order valence-electron chi connectivity index (χ4n) is 3.26. The second-order valence-corrected chi connectivity index (χ2v) is 6.13. The Morgan fingerprint density at radius 1 is 1.25 bits per heavy atom. The number of nitrogens with zero attached hydrogens (tertiary/aromatic N) is 1. The van der Waals surface area contributed by atoms with E-state index in [1.165, 1.54) is 58.2 Å². The molecule has 0 aromatic heterocycles. The predicted molar refractivity (Wildman–Crippen MR) is 67.5 cm³/mol. The second kappa shape index (κ2) is 4.66. The van der Waals surface area contributed by atoms with Crippen molar-refractivity contribution >= 4 is 0 Å². The van der Waals surface area contributed by atoms with E-state index < -0.39 is 0 Å². The minimum absolute atomic E-state index is 0.821. The highest BCUT2D eigenvalue weighted by Gasteiger charge is 2.36. The van der Waals surface area contributed by atoms with Crippen LogP contribution in [0, 0.1) is 11.8 Å². The van der Waals surface area contributed by atoms with Crippen molar-refractivity contribution in [2.24, 2.45) is 11.8 Å². The standard InChI is InChI=1S/C14H26N2/c1-2-13(9-11-3-4-11)16-8-7-15-14(10-16)12-5-6-12/h11-15H,2-10H2,1H3. The van der Waals surface area contributed by atoms with Gasteiger partial charge in [-0.05, 0) is 37.5 Å². The maximum absolute atomic E-state index is 3.72. The molecule has 3 rings (SSSR count). The maximum Gasteiger partial charge on any atom is 0.0223 e. The van der Waals surface area contributed by atoms with Gasteiger partial charge in [0.25, 0.3) is 0 Å². The highest BCUT2D eigenvalue weighted by molar-refractivity contribution is 4.93. The molecule has 0 spiro atoms. The highest BCUT2D eigenvalue weighted by Crippen LogP contribution is 2.37. The van der Waals surface area contributed by atoms with Crippen LogP contribution in [0.2, 0.25) is 0 Å². The fourth-order valence-corrected chi connectivity index (χ4v) is 3.26. The van der Waals surface area contributed by atoms with Crippen LogP contribution < -0.4 is 5.32 Å². The average molecular weight is 222 g/mol. The van der Waals surface area contributed by atoms with Gasteiger partial charge in [0.05, 0.1) is 0 Å². The lowest BCUT2D eigenvalue weighted by atomic mass is 10.0. The lowest BCUT2D eigenvalue weighted by molar-refractivity contribution is 0.122. The van der Waals surface area contributed by atoms with E-state index in [1.807, 2.05) is 0 Å². The smallest absolute Gasteiger partial charge is 0.0223 e. The van der Waals surface area contributed by atoms with Crippen molar-refractivity contribution in [3.05, 3.63) is 0 Å². The van der Waals surface area contributed by atoms with Gasteiger partial charge in [-0.2, -0.15) is 0 Å². The van der Waals surface area contributed by atoms with Gasteiger partial charge >= 0.3 is 0 Å². The van der Waals surface area contributed by atoms with E-state index >= 15 is 0 Å². The molecule has 92 valence electrons. The molecule has 0 bridgehead atoms. The first-order valence-electron chi connectivity index (χ1n) is 7.34. The summed E-state index contributed by atoms with van der Waals surface area (Å²) in [4.78, 5) is 2.79.